The minimum Gasteiger partial charge on any atom is -0.463 e. The maximum Gasteiger partial charge on any atom is 0.305 e. The second-order valence-electron chi connectivity index (χ2n) is 14.4. The van der Waals surface area contributed by atoms with E-state index < -0.39 is 99.0 Å². The van der Waals surface area contributed by atoms with Crippen LogP contribution in [0.25, 0.3) is 0 Å². The molecule has 0 spiro atoms. The van der Waals surface area contributed by atoms with Crippen LogP contribution in [0.1, 0.15) is 110 Å². The first-order valence-corrected chi connectivity index (χ1v) is 19.4. The van der Waals surface area contributed by atoms with E-state index >= 15 is 0 Å². The zero-order valence-electron chi connectivity index (χ0n) is 31.1. The van der Waals surface area contributed by atoms with Crippen molar-refractivity contribution in [3.63, 3.8) is 0 Å². The number of aliphatic hydroxyl groups is 11. The Morgan fingerprint density at radius 2 is 1.23 bits per heavy atom. The molecule has 0 amide bonds. The van der Waals surface area contributed by atoms with Crippen LogP contribution in [0.4, 0.5) is 0 Å². The number of carbonyl (C=O) groups excluding carboxylic acids is 1. The van der Waals surface area contributed by atoms with Crippen molar-refractivity contribution < 1.29 is 84.7 Å². The predicted octanol–water partition coefficient (Wildman–Crippen LogP) is -1.12. The van der Waals surface area contributed by atoms with E-state index in [1.165, 1.54) is 77.0 Å². The number of rotatable bonds is 24. The SMILES string of the molecule is CCCCCCCCCCCCCCCCCC(=O)OC[C@@H](O)[C@H]1OC[C@H](O)[C@H]1O.OC[C@H]1O[C@@](CO)(O[C@H]2O[C@H](CO)[C@@H](O)[C@H](O)[C@H]2O)[C@@H](O)[C@@H]1O. The van der Waals surface area contributed by atoms with Crippen LogP contribution < -0.4 is 0 Å². The molecule has 0 aliphatic carbocycles. The van der Waals surface area contributed by atoms with Crippen LogP contribution in [0, 0.1) is 0 Å². The highest BCUT2D eigenvalue weighted by Gasteiger charge is 2.58. The third kappa shape index (κ3) is 15.4. The molecule has 0 unspecified atom stereocenters. The number of aliphatic hydroxyl groups excluding tert-OH is 11. The fourth-order valence-electron chi connectivity index (χ4n) is 6.58. The molecule has 53 heavy (non-hydrogen) atoms. The van der Waals surface area contributed by atoms with Crippen LogP contribution in [0.3, 0.4) is 0 Å². The van der Waals surface area contributed by atoms with Gasteiger partial charge in [-0.05, 0) is 6.42 Å². The van der Waals surface area contributed by atoms with E-state index in [0.29, 0.717) is 6.42 Å². The molecule has 0 aromatic heterocycles. The van der Waals surface area contributed by atoms with Gasteiger partial charge >= 0.3 is 5.97 Å². The molecule has 0 aromatic carbocycles. The molecule has 3 saturated heterocycles. The minimum atomic E-state index is -2.22. The summed E-state index contributed by atoms with van der Waals surface area (Å²) in [5.41, 5.74) is 0. The van der Waals surface area contributed by atoms with Crippen molar-refractivity contribution in [2.45, 2.75) is 189 Å². The monoisotopic (exact) mass is 772 g/mol. The molecule has 0 aromatic rings. The largest absolute Gasteiger partial charge is 0.463 e. The highest BCUT2D eigenvalue weighted by molar-refractivity contribution is 5.69. The lowest BCUT2D eigenvalue weighted by Gasteiger charge is -2.43. The molecule has 314 valence electrons. The fraction of sp³-hybridized carbons (Fsp3) is 0.972. The highest BCUT2D eigenvalue weighted by Crippen LogP contribution is 2.36. The van der Waals surface area contributed by atoms with Crippen molar-refractivity contribution in [1.82, 2.24) is 0 Å². The molecule has 0 saturated carbocycles. The summed E-state index contributed by atoms with van der Waals surface area (Å²) in [5.74, 6) is -2.56. The van der Waals surface area contributed by atoms with Gasteiger partial charge in [0.05, 0.1) is 19.8 Å². The van der Waals surface area contributed by atoms with E-state index in [4.69, 9.17) is 33.9 Å². The molecular weight excluding hydrogens is 704 g/mol. The Hall–Kier alpha value is -1.13. The third-order valence-corrected chi connectivity index (χ3v) is 10.0. The summed E-state index contributed by atoms with van der Waals surface area (Å²) >= 11 is 0. The topological polar surface area (TPSA) is 286 Å². The Morgan fingerprint density at radius 1 is 0.698 bits per heavy atom. The number of hydrogen-bond donors (Lipinski definition) is 11. The normalized spacial score (nSPS) is 34.8. The Balaban J connectivity index is 0.000000379. The van der Waals surface area contributed by atoms with Crippen molar-refractivity contribution in [2.24, 2.45) is 0 Å². The molecule has 0 bridgehead atoms. The van der Waals surface area contributed by atoms with Gasteiger partial charge in [-0.2, -0.15) is 0 Å². The van der Waals surface area contributed by atoms with Crippen LogP contribution in [0.5, 0.6) is 0 Å². The van der Waals surface area contributed by atoms with Gasteiger partial charge in [0.2, 0.25) is 5.79 Å². The van der Waals surface area contributed by atoms with E-state index in [1.807, 2.05) is 0 Å². The molecule has 0 radical (unpaired) electrons. The highest BCUT2D eigenvalue weighted by atomic mass is 16.8. The first-order valence-electron chi connectivity index (χ1n) is 19.4. The first kappa shape index (κ1) is 48.0. The Kier molecular flexibility index (Phi) is 23.5. The fourth-order valence-corrected chi connectivity index (χ4v) is 6.58. The smallest absolute Gasteiger partial charge is 0.305 e. The minimum absolute atomic E-state index is 0.0179. The number of ether oxygens (including phenoxy) is 5. The van der Waals surface area contributed by atoms with Gasteiger partial charge in [-0.15, -0.1) is 0 Å². The van der Waals surface area contributed by atoms with Gasteiger partial charge in [-0.25, -0.2) is 0 Å². The predicted molar refractivity (Wildman–Crippen MR) is 187 cm³/mol. The maximum atomic E-state index is 11.8. The summed E-state index contributed by atoms with van der Waals surface area (Å²) in [6, 6.07) is 0. The second-order valence-corrected chi connectivity index (χ2v) is 14.4. The zero-order valence-corrected chi connectivity index (χ0v) is 31.1. The Morgan fingerprint density at radius 3 is 1.68 bits per heavy atom. The summed E-state index contributed by atoms with van der Waals surface area (Å²) < 4.78 is 25.6. The maximum absolute atomic E-state index is 11.8. The van der Waals surface area contributed by atoms with Crippen LogP contribution in [0.2, 0.25) is 0 Å². The van der Waals surface area contributed by atoms with Crippen molar-refractivity contribution >= 4 is 5.97 Å². The molecule has 13 atom stereocenters. The van der Waals surface area contributed by atoms with Gasteiger partial charge in [0, 0.05) is 6.42 Å². The van der Waals surface area contributed by atoms with E-state index in [9.17, 15) is 50.8 Å². The molecule has 3 aliphatic rings. The van der Waals surface area contributed by atoms with Gasteiger partial charge in [0.15, 0.2) is 6.29 Å². The molecular formula is C36H68O17. The van der Waals surface area contributed by atoms with Crippen LogP contribution in [-0.4, -0.2) is 174 Å². The average Bonchev–Trinajstić information content (AvgIpc) is 3.62. The molecule has 3 fully saturated rings. The lowest BCUT2D eigenvalue weighted by atomic mass is 9.99. The second kappa shape index (κ2) is 25.9. The lowest BCUT2D eigenvalue weighted by molar-refractivity contribution is -0.383. The number of unbranched alkanes of at least 4 members (excludes halogenated alkanes) is 14. The first-order chi connectivity index (χ1) is 25.4. The van der Waals surface area contributed by atoms with Crippen LogP contribution >= 0.6 is 0 Å². The quantitative estimate of drug-likeness (QED) is 0.0409. The van der Waals surface area contributed by atoms with E-state index in [-0.39, 0.29) is 19.2 Å². The van der Waals surface area contributed by atoms with Crippen molar-refractivity contribution in [1.29, 1.82) is 0 Å². The molecule has 3 aliphatic heterocycles. The molecule has 3 rings (SSSR count). The van der Waals surface area contributed by atoms with Crippen LogP contribution in [-0.2, 0) is 28.5 Å². The van der Waals surface area contributed by atoms with Crippen LogP contribution in [0.15, 0.2) is 0 Å². The molecule has 17 nitrogen and oxygen atoms in total. The Labute approximate surface area is 312 Å². The standard InChI is InChI=1S/C24H46O6.C12H22O11/c1-2-3-4-5-6-7-8-9-10-11-12-13-14-15-16-17-22(27)29-19-21(26)24-23(28)20(25)18-30-24;13-1-4-6(16)8(18)9(19)11(21-4)23-12(3-15)10(20)7(17)5(2-14)22-12/h20-21,23-26,28H,2-19H2,1H3;4-11,13-20H,1-3H2/t20-,21+,23+,24+;4-,5-,6-,7-,8+,9-,10+,11-,12+/m01/s1. The molecule has 3 heterocycles. The summed E-state index contributed by atoms with van der Waals surface area (Å²) in [7, 11) is 0. The molecule has 11 N–H and O–H groups in total. The number of hydrogen-bond acceptors (Lipinski definition) is 17. The summed E-state index contributed by atoms with van der Waals surface area (Å²) in [4.78, 5) is 11.8. The van der Waals surface area contributed by atoms with E-state index in [0.717, 1.165) is 19.3 Å². The summed E-state index contributed by atoms with van der Waals surface area (Å²) in [6.45, 7) is -0.297. The summed E-state index contributed by atoms with van der Waals surface area (Å²) in [6.07, 6.45) is 2.74. The van der Waals surface area contributed by atoms with Gasteiger partial charge < -0.3 is 79.9 Å². The average molecular weight is 773 g/mol. The van der Waals surface area contributed by atoms with Crippen molar-refractivity contribution in [2.75, 3.05) is 33.0 Å². The van der Waals surface area contributed by atoms with Gasteiger partial charge in [-0.3, -0.25) is 4.79 Å². The lowest BCUT2D eigenvalue weighted by Crippen LogP contribution is -2.62. The Bertz CT molecular complexity index is 961. The number of esters is 1. The number of carbonyl (C=O) groups is 1. The summed E-state index contributed by atoms with van der Waals surface area (Å²) in [5, 5.41) is 106. The third-order valence-electron chi connectivity index (χ3n) is 10.0. The van der Waals surface area contributed by atoms with E-state index in [1.54, 1.807) is 0 Å². The van der Waals surface area contributed by atoms with Gasteiger partial charge in [-0.1, -0.05) is 96.8 Å². The van der Waals surface area contributed by atoms with Crippen molar-refractivity contribution in [3.05, 3.63) is 0 Å². The van der Waals surface area contributed by atoms with Crippen molar-refractivity contribution in [3.8, 4) is 0 Å². The van der Waals surface area contributed by atoms with Gasteiger partial charge in [0.1, 0.15) is 80.4 Å². The van der Waals surface area contributed by atoms with E-state index in [2.05, 4.69) is 6.92 Å². The molecule has 17 heteroatoms. The zero-order chi connectivity index (χ0) is 39.4. The van der Waals surface area contributed by atoms with Gasteiger partial charge in [0.25, 0.3) is 0 Å².